The molecule has 0 amide bonds. The lowest BCUT2D eigenvalue weighted by atomic mass is 9.77. The maximum atomic E-state index is 12.8. The number of aromatic hydroxyl groups is 1. The molecule has 0 unspecified atom stereocenters. The first-order valence-corrected chi connectivity index (χ1v) is 12.8. The van der Waals surface area contributed by atoms with Gasteiger partial charge in [0, 0.05) is 49.3 Å². The predicted molar refractivity (Wildman–Crippen MR) is 129 cm³/mol. The number of likely N-dealkylation sites (tertiary alicyclic amines) is 1. The van der Waals surface area contributed by atoms with Gasteiger partial charge in [-0.25, -0.2) is 0 Å². The Kier molecular flexibility index (Phi) is 6.82. The molecular formula is C27H34N2O6. The van der Waals surface area contributed by atoms with Gasteiger partial charge in [-0.3, -0.25) is 19.3 Å². The van der Waals surface area contributed by atoms with E-state index in [1.165, 1.54) is 13.2 Å². The van der Waals surface area contributed by atoms with E-state index < -0.39 is 11.2 Å². The topological polar surface area (TPSA) is 102 Å². The Morgan fingerprint density at radius 3 is 2.74 bits per heavy atom. The molecule has 2 aromatic heterocycles. The van der Waals surface area contributed by atoms with Crippen molar-refractivity contribution in [2.75, 3.05) is 20.2 Å². The van der Waals surface area contributed by atoms with Crippen molar-refractivity contribution in [3.8, 4) is 5.75 Å². The van der Waals surface area contributed by atoms with Gasteiger partial charge in [0.2, 0.25) is 11.2 Å². The van der Waals surface area contributed by atoms with Gasteiger partial charge in [0.25, 0.3) is 5.56 Å². The Balaban J connectivity index is 1.40. The summed E-state index contributed by atoms with van der Waals surface area (Å²) in [7, 11) is 1.35. The molecule has 1 saturated heterocycles. The maximum absolute atomic E-state index is 12.8. The van der Waals surface area contributed by atoms with E-state index >= 15 is 0 Å². The number of carbonyl (C=O) groups excluding carboxylic acids is 1. The van der Waals surface area contributed by atoms with E-state index in [4.69, 9.17) is 9.15 Å². The van der Waals surface area contributed by atoms with Crippen molar-refractivity contribution >= 4 is 5.97 Å². The monoisotopic (exact) mass is 482 g/mol. The number of hydrogen-bond donors (Lipinski definition) is 1. The van der Waals surface area contributed by atoms with Gasteiger partial charge in [0.15, 0.2) is 5.76 Å². The van der Waals surface area contributed by atoms with Crippen LogP contribution < -0.4 is 11.0 Å². The zero-order chi connectivity index (χ0) is 24.5. The molecule has 1 aliphatic carbocycles. The summed E-state index contributed by atoms with van der Waals surface area (Å²) < 4.78 is 13.0. The van der Waals surface area contributed by atoms with Gasteiger partial charge in [0.1, 0.15) is 5.76 Å². The van der Waals surface area contributed by atoms with E-state index in [2.05, 4.69) is 4.90 Å². The fourth-order valence-electron chi connectivity index (χ4n) is 6.50. The molecule has 0 radical (unpaired) electrons. The van der Waals surface area contributed by atoms with Crippen LogP contribution in [0.1, 0.15) is 74.0 Å². The van der Waals surface area contributed by atoms with Gasteiger partial charge in [-0.15, -0.1) is 0 Å². The van der Waals surface area contributed by atoms with Crippen LogP contribution in [0.5, 0.6) is 5.75 Å². The number of rotatable bonds is 6. The van der Waals surface area contributed by atoms with Crippen LogP contribution in [0.4, 0.5) is 0 Å². The van der Waals surface area contributed by atoms with Crippen LogP contribution in [0.3, 0.4) is 0 Å². The highest BCUT2D eigenvalue weighted by Crippen LogP contribution is 2.41. The van der Waals surface area contributed by atoms with Gasteiger partial charge < -0.3 is 18.8 Å². The largest absolute Gasteiger partial charge is 0.502 e. The van der Waals surface area contributed by atoms with E-state index in [-0.39, 0.29) is 41.5 Å². The first-order chi connectivity index (χ1) is 16.9. The lowest BCUT2D eigenvalue weighted by Crippen LogP contribution is -2.46. The van der Waals surface area contributed by atoms with Crippen molar-refractivity contribution in [2.45, 2.75) is 69.9 Å². The summed E-state index contributed by atoms with van der Waals surface area (Å²) in [4.78, 5) is 39.6. The first kappa shape index (κ1) is 23.9. The smallest absolute Gasteiger partial charge is 0.306 e. The normalized spacial score (nSPS) is 23.5. The summed E-state index contributed by atoms with van der Waals surface area (Å²) in [5.74, 6) is 0.361. The third-order valence-electron chi connectivity index (χ3n) is 8.10. The summed E-state index contributed by atoms with van der Waals surface area (Å²) in [6.07, 6.45) is 6.28. The quantitative estimate of drug-likeness (QED) is 0.630. The lowest BCUT2D eigenvalue weighted by molar-refractivity contribution is -0.141. The Morgan fingerprint density at radius 1 is 1.17 bits per heavy atom. The van der Waals surface area contributed by atoms with Crippen molar-refractivity contribution in [3.63, 3.8) is 0 Å². The van der Waals surface area contributed by atoms with Gasteiger partial charge in [-0.2, -0.15) is 0 Å². The average Bonchev–Trinajstić information content (AvgIpc) is 2.86. The van der Waals surface area contributed by atoms with Crippen LogP contribution in [-0.2, 0) is 22.6 Å². The SMILES string of the molecule is COC(=O)C[C@H](c1oc(CN2C[C@@H]3C[C@H](C2)c2cccc(=O)n2C3)cc(=O)c1O)C1CCCCC1. The molecule has 8 heteroatoms. The number of carbonyl (C=O) groups is 1. The summed E-state index contributed by atoms with van der Waals surface area (Å²) in [6.45, 7) is 2.73. The molecule has 3 atom stereocenters. The highest BCUT2D eigenvalue weighted by atomic mass is 16.5. The second kappa shape index (κ2) is 10.0. The second-order valence-corrected chi connectivity index (χ2v) is 10.5. The standard InChI is InChI=1S/C27H34N2O6/c1-34-25(32)12-21(18-6-3-2-4-7-18)27-26(33)23(30)11-20(35-27)16-28-13-17-10-19(15-28)22-8-5-9-24(31)29(22)14-17/h5,8-9,11,17-19,21,33H,2-4,6-7,10,12-16H2,1H3/t17-,19+,21-/m0/s1. The Hall–Kier alpha value is -2.87. The minimum atomic E-state index is -0.471. The molecule has 2 aliphatic heterocycles. The van der Waals surface area contributed by atoms with Crippen LogP contribution in [0.25, 0.3) is 0 Å². The maximum Gasteiger partial charge on any atom is 0.306 e. The van der Waals surface area contributed by atoms with E-state index in [0.29, 0.717) is 24.8 Å². The number of pyridine rings is 1. The van der Waals surface area contributed by atoms with E-state index in [0.717, 1.165) is 57.3 Å². The van der Waals surface area contributed by atoms with Gasteiger partial charge in [-0.1, -0.05) is 25.3 Å². The fraction of sp³-hybridized carbons (Fsp3) is 0.593. The summed E-state index contributed by atoms with van der Waals surface area (Å²) in [6, 6.07) is 6.85. The molecule has 2 fully saturated rings. The third-order valence-corrected chi connectivity index (χ3v) is 8.10. The number of esters is 1. The number of nitrogens with zero attached hydrogens (tertiary/aromatic N) is 2. The van der Waals surface area contributed by atoms with Crippen LogP contribution in [0.2, 0.25) is 0 Å². The molecule has 2 bridgehead atoms. The Morgan fingerprint density at radius 2 is 1.97 bits per heavy atom. The molecule has 8 nitrogen and oxygen atoms in total. The molecule has 1 saturated carbocycles. The zero-order valence-electron chi connectivity index (χ0n) is 20.3. The van der Waals surface area contributed by atoms with Gasteiger partial charge in [0.05, 0.1) is 20.1 Å². The minimum Gasteiger partial charge on any atom is -0.502 e. The van der Waals surface area contributed by atoms with E-state index in [9.17, 15) is 19.5 Å². The van der Waals surface area contributed by atoms with Crippen molar-refractivity contribution in [1.29, 1.82) is 0 Å². The van der Waals surface area contributed by atoms with E-state index in [1.54, 1.807) is 6.07 Å². The minimum absolute atomic E-state index is 0.0548. The Bertz CT molecular complexity index is 1190. The van der Waals surface area contributed by atoms with Gasteiger partial charge >= 0.3 is 5.97 Å². The predicted octanol–water partition coefficient (Wildman–Crippen LogP) is 3.35. The number of hydrogen-bond acceptors (Lipinski definition) is 7. The van der Waals surface area contributed by atoms with E-state index in [1.807, 2.05) is 16.7 Å². The first-order valence-electron chi connectivity index (χ1n) is 12.8. The van der Waals surface area contributed by atoms with Crippen LogP contribution in [0, 0.1) is 11.8 Å². The molecule has 5 rings (SSSR count). The average molecular weight is 483 g/mol. The Labute approximate surface area is 204 Å². The molecular weight excluding hydrogens is 448 g/mol. The van der Waals surface area contributed by atoms with Crippen molar-refractivity contribution in [1.82, 2.24) is 9.47 Å². The zero-order valence-corrected chi connectivity index (χ0v) is 20.3. The lowest BCUT2D eigenvalue weighted by Gasteiger charge is -2.42. The molecule has 188 valence electrons. The van der Waals surface area contributed by atoms with Crippen LogP contribution >= 0.6 is 0 Å². The summed E-state index contributed by atoms with van der Waals surface area (Å²) in [5.41, 5.74) is 0.655. The van der Waals surface area contributed by atoms with Crippen molar-refractivity contribution in [3.05, 3.63) is 62.1 Å². The number of methoxy groups -OCH3 is 1. The highest BCUT2D eigenvalue weighted by Gasteiger charge is 2.36. The molecule has 1 N–H and O–H groups in total. The summed E-state index contributed by atoms with van der Waals surface area (Å²) >= 11 is 0. The molecule has 35 heavy (non-hydrogen) atoms. The van der Waals surface area contributed by atoms with Gasteiger partial charge in [-0.05, 0) is 37.2 Å². The third kappa shape index (κ3) is 4.94. The highest BCUT2D eigenvalue weighted by molar-refractivity contribution is 5.70. The molecule has 0 aromatic carbocycles. The van der Waals surface area contributed by atoms with Crippen molar-refractivity contribution in [2.24, 2.45) is 11.8 Å². The van der Waals surface area contributed by atoms with Crippen LogP contribution in [0.15, 0.2) is 38.3 Å². The second-order valence-electron chi connectivity index (χ2n) is 10.5. The molecule has 0 spiro atoms. The fourth-order valence-corrected chi connectivity index (χ4v) is 6.50. The van der Waals surface area contributed by atoms with Crippen molar-refractivity contribution < 1.29 is 19.1 Å². The molecule has 4 heterocycles. The summed E-state index contributed by atoms with van der Waals surface area (Å²) in [5, 5.41) is 10.7. The number of aromatic nitrogens is 1. The molecule has 3 aliphatic rings. The van der Waals surface area contributed by atoms with Crippen LogP contribution in [-0.4, -0.2) is 40.7 Å². The molecule has 2 aromatic rings. The number of fused-ring (bicyclic) bond motifs is 4. The number of ether oxygens (including phenoxy) is 1. The number of piperidine rings is 1.